The number of benzene rings is 1. The molecule has 2 aromatic rings. The van der Waals surface area contributed by atoms with Gasteiger partial charge in [-0.15, -0.1) is 0 Å². The summed E-state index contributed by atoms with van der Waals surface area (Å²) in [5.74, 6) is -1.000. The van der Waals surface area contributed by atoms with Gasteiger partial charge >= 0.3 is 0 Å². The lowest BCUT2D eigenvalue weighted by Crippen LogP contribution is -2.38. The minimum Gasteiger partial charge on any atom is -0.352 e. The molecule has 0 aliphatic carbocycles. The molecule has 0 spiro atoms. The fraction of sp³-hybridized carbons (Fsp3) is 0.480. The van der Waals surface area contributed by atoms with Crippen molar-refractivity contribution in [1.29, 1.82) is 0 Å². The van der Waals surface area contributed by atoms with E-state index in [-0.39, 0.29) is 35.3 Å². The molecule has 2 heterocycles. The first-order valence-electron chi connectivity index (χ1n) is 11.3. The van der Waals surface area contributed by atoms with Crippen LogP contribution >= 0.6 is 0 Å². The molecule has 1 saturated heterocycles. The molecule has 6 nitrogen and oxygen atoms in total. The third-order valence-electron chi connectivity index (χ3n) is 5.77. The number of pyridine rings is 1. The molecule has 1 aliphatic heterocycles. The molecule has 2 amide bonds. The van der Waals surface area contributed by atoms with Crippen molar-refractivity contribution in [2.24, 2.45) is 5.92 Å². The van der Waals surface area contributed by atoms with Crippen LogP contribution in [-0.2, 0) is 13.1 Å². The summed E-state index contributed by atoms with van der Waals surface area (Å²) in [5.41, 5.74) is 0.877. The Morgan fingerprint density at radius 3 is 2.38 bits per heavy atom. The van der Waals surface area contributed by atoms with Crippen LogP contribution in [0.15, 0.2) is 35.4 Å². The van der Waals surface area contributed by atoms with Crippen LogP contribution in [0.25, 0.3) is 0 Å². The summed E-state index contributed by atoms with van der Waals surface area (Å²) < 4.78 is 15.3. The van der Waals surface area contributed by atoms with Gasteiger partial charge in [-0.05, 0) is 48.9 Å². The predicted molar refractivity (Wildman–Crippen MR) is 122 cm³/mol. The lowest BCUT2D eigenvalue weighted by Gasteiger charge is -2.21. The van der Waals surface area contributed by atoms with Crippen LogP contribution in [0.3, 0.4) is 0 Å². The Morgan fingerprint density at radius 1 is 1.06 bits per heavy atom. The summed E-state index contributed by atoms with van der Waals surface area (Å²) in [5, 5.41) is 2.72. The van der Waals surface area contributed by atoms with E-state index in [1.807, 2.05) is 20.8 Å². The van der Waals surface area contributed by atoms with Crippen LogP contribution in [0.2, 0.25) is 0 Å². The van der Waals surface area contributed by atoms with Gasteiger partial charge in [0.25, 0.3) is 11.8 Å². The monoisotopic (exact) mass is 441 g/mol. The maximum atomic E-state index is 13.6. The van der Waals surface area contributed by atoms with Crippen LogP contribution in [0.5, 0.6) is 0 Å². The molecule has 172 valence electrons. The van der Waals surface area contributed by atoms with Gasteiger partial charge in [-0.2, -0.15) is 0 Å². The Morgan fingerprint density at radius 2 is 1.72 bits per heavy atom. The lowest BCUT2D eigenvalue weighted by atomic mass is 10.1. The highest BCUT2D eigenvalue weighted by Crippen LogP contribution is 2.14. The first-order valence-corrected chi connectivity index (χ1v) is 11.3. The van der Waals surface area contributed by atoms with Gasteiger partial charge in [0, 0.05) is 38.6 Å². The van der Waals surface area contributed by atoms with Crippen molar-refractivity contribution in [2.45, 2.75) is 59.5 Å². The number of aromatic nitrogens is 1. The highest BCUT2D eigenvalue weighted by molar-refractivity contribution is 5.99. The van der Waals surface area contributed by atoms with Crippen LogP contribution in [0.1, 0.15) is 71.4 Å². The number of carbonyl (C=O) groups is 2. The number of hydrogen-bond donors (Lipinski definition) is 1. The Labute approximate surface area is 188 Å². The average molecular weight is 442 g/mol. The second kappa shape index (κ2) is 10.6. The van der Waals surface area contributed by atoms with Gasteiger partial charge in [0.2, 0.25) is 5.43 Å². The molecule has 0 atom stereocenters. The Balaban J connectivity index is 1.90. The van der Waals surface area contributed by atoms with E-state index in [1.165, 1.54) is 18.3 Å². The highest BCUT2D eigenvalue weighted by Gasteiger charge is 2.24. The smallest absolute Gasteiger partial charge is 0.259 e. The Kier molecular flexibility index (Phi) is 7.83. The van der Waals surface area contributed by atoms with E-state index in [2.05, 4.69) is 5.32 Å². The fourth-order valence-corrected chi connectivity index (χ4v) is 4.02. The SMILES string of the molecule is Cc1ccc(F)cc1CNC(=O)c1cn(CC(C)C)cc(C(=O)N2CCCCCC2)c1=O. The van der Waals surface area contributed by atoms with Crippen LogP contribution in [0, 0.1) is 18.7 Å². The van der Waals surface area contributed by atoms with E-state index in [0.29, 0.717) is 25.2 Å². The zero-order chi connectivity index (χ0) is 23.3. The van der Waals surface area contributed by atoms with Crippen LogP contribution in [-0.4, -0.2) is 34.4 Å². The number of aryl methyl sites for hydroxylation is 1. The minimum atomic E-state index is -0.568. The van der Waals surface area contributed by atoms with E-state index in [0.717, 1.165) is 31.2 Å². The molecular weight excluding hydrogens is 409 g/mol. The highest BCUT2D eigenvalue weighted by atomic mass is 19.1. The Bertz CT molecular complexity index is 1040. The number of carbonyl (C=O) groups excluding carboxylic acids is 2. The largest absolute Gasteiger partial charge is 0.352 e. The molecular formula is C25H32FN3O3. The summed E-state index contributed by atoms with van der Waals surface area (Å²) in [6, 6.07) is 4.38. The number of nitrogens with one attached hydrogen (secondary N) is 1. The molecule has 1 N–H and O–H groups in total. The molecule has 3 rings (SSSR count). The van der Waals surface area contributed by atoms with Crippen molar-refractivity contribution in [3.8, 4) is 0 Å². The molecule has 1 aromatic heterocycles. The van der Waals surface area contributed by atoms with Crippen LogP contribution < -0.4 is 10.7 Å². The normalized spacial score (nSPS) is 14.3. The van der Waals surface area contributed by atoms with Crippen LogP contribution in [0.4, 0.5) is 4.39 Å². The standard InChI is InChI=1S/C25H32FN3O3/c1-17(2)14-28-15-21(24(31)27-13-19-12-20(26)9-8-18(19)3)23(30)22(16-28)25(32)29-10-6-4-5-7-11-29/h8-9,12,15-17H,4-7,10-11,13-14H2,1-3H3,(H,27,31). The summed E-state index contributed by atoms with van der Waals surface area (Å²) in [7, 11) is 0. The third-order valence-corrected chi connectivity index (χ3v) is 5.77. The zero-order valence-electron chi connectivity index (χ0n) is 19.1. The molecule has 0 radical (unpaired) electrons. The molecule has 0 unspecified atom stereocenters. The number of nitrogens with zero attached hydrogens (tertiary/aromatic N) is 2. The lowest BCUT2D eigenvalue weighted by molar-refractivity contribution is 0.0759. The van der Waals surface area contributed by atoms with E-state index in [9.17, 15) is 18.8 Å². The maximum Gasteiger partial charge on any atom is 0.259 e. The topological polar surface area (TPSA) is 71.4 Å². The van der Waals surface area contributed by atoms with E-state index in [4.69, 9.17) is 0 Å². The molecule has 1 aliphatic rings. The number of rotatable bonds is 6. The number of halogens is 1. The summed E-state index contributed by atoms with van der Waals surface area (Å²) in [4.78, 5) is 41.0. The number of amides is 2. The quantitative estimate of drug-likeness (QED) is 0.739. The Hall–Kier alpha value is -2.96. The van der Waals surface area contributed by atoms with E-state index < -0.39 is 11.3 Å². The summed E-state index contributed by atoms with van der Waals surface area (Å²) >= 11 is 0. The predicted octanol–water partition coefficient (Wildman–Crippen LogP) is 3.90. The zero-order valence-corrected chi connectivity index (χ0v) is 19.1. The van der Waals surface area contributed by atoms with Crippen molar-refractivity contribution < 1.29 is 14.0 Å². The number of likely N-dealkylation sites (tertiary alicyclic amines) is 1. The van der Waals surface area contributed by atoms with Crippen molar-refractivity contribution in [3.63, 3.8) is 0 Å². The van der Waals surface area contributed by atoms with Gasteiger partial charge in [0.15, 0.2) is 0 Å². The van der Waals surface area contributed by atoms with Crippen molar-refractivity contribution in [3.05, 3.63) is 68.9 Å². The van der Waals surface area contributed by atoms with Crippen molar-refractivity contribution >= 4 is 11.8 Å². The molecule has 0 bridgehead atoms. The number of hydrogen-bond acceptors (Lipinski definition) is 3. The molecule has 32 heavy (non-hydrogen) atoms. The first-order chi connectivity index (χ1) is 15.3. The second-order valence-corrected chi connectivity index (χ2v) is 8.97. The summed E-state index contributed by atoms with van der Waals surface area (Å²) in [6.45, 7) is 7.80. The van der Waals surface area contributed by atoms with Crippen molar-refractivity contribution in [2.75, 3.05) is 13.1 Å². The molecule has 1 aromatic carbocycles. The van der Waals surface area contributed by atoms with Gasteiger partial charge in [-0.3, -0.25) is 14.4 Å². The summed E-state index contributed by atoms with van der Waals surface area (Å²) in [6.07, 6.45) is 7.06. The second-order valence-electron chi connectivity index (χ2n) is 8.97. The van der Waals surface area contributed by atoms with Gasteiger partial charge in [-0.1, -0.05) is 32.8 Å². The van der Waals surface area contributed by atoms with E-state index >= 15 is 0 Å². The maximum absolute atomic E-state index is 13.6. The van der Waals surface area contributed by atoms with Crippen molar-refractivity contribution in [1.82, 2.24) is 14.8 Å². The first kappa shape index (κ1) is 23.7. The van der Waals surface area contributed by atoms with Gasteiger partial charge in [-0.25, -0.2) is 4.39 Å². The molecule has 7 heteroatoms. The molecule has 1 fully saturated rings. The average Bonchev–Trinajstić information content (AvgIpc) is 3.04. The fourth-order valence-electron chi connectivity index (χ4n) is 4.02. The van der Waals surface area contributed by atoms with Gasteiger partial charge in [0.1, 0.15) is 16.9 Å². The molecule has 0 saturated carbocycles. The third kappa shape index (κ3) is 5.84. The van der Waals surface area contributed by atoms with Gasteiger partial charge < -0.3 is 14.8 Å². The van der Waals surface area contributed by atoms with E-state index in [1.54, 1.807) is 21.7 Å². The minimum absolute atomic E-state index is 0.0298. The van der Waals surface area contributed by atoms with Gasteiger partial charge in [0.05, 0.1) is 0 Å².